The highest BCUT2D eigenvalue weighted by atomic mass is 19.1. The number of benzene rings is 2. The van der Waals surface area contributed by atoms with Crippen LogP contribution in [0.1, 0.15) is 24.0 Å². The van der Waals surface area contributed by atoms with Crippen molar-refractivity contribution in [3.05, 3.63) is 65.5 Å². The van der Waals surface area contributed by atoms with Gasteiger partial charge in [0.05, 0.1) is 0 Å². The molecular weight excluding hydrogens is 343 g/mol. The molecule has 6 heteroatoms. The maximum Gasteiger partial charge on any atom is 0.227 e. The highest BCUT2D eigenvalue weighted by Crippen LogP contribution is 2.21. The molecule has 1 amide bonds. The van der Waals surface area contributed by atoms with E-state index in [2.05, 4.69) is 10.3 Å². The van der Waals surface area contributed by atoms with E-state index in [0.717, 1.165) is 35.7 Å². The minimum atomic E-state index is -0.236. The summed E-state index contributed by atoms with van der Waals surface area (Å²) in [6.45, 7) is 1.98. The third-order valence-electron chi connectivity index (χ3n) is 4.65. The number of amides is 1. The van der Waals surface area contributed by atoms with E-state index >= 15 is 0 Å². The van der Waals surface area contributed by atoms with Crippen molar-refractivity contribution in [3.8, 4) is 0 Å². The minimum Gasteiger partial charge on any atom is -0.352 e. The molecular formula is C21H25FN4O. The van der Waals surface area contributed by atoms with Crippen molar-refractivity contribution < 1.29 is 9.18 Å². The molecule has 1 aliphatic rings. The molecule has 2 aromatic carbocycles. The second-order valence-corrected chi connectivity index (χ2v) is 6.70. The summed E-state index contributed by atoms with van der Waals surface area (Å²) in [7, 11) is 3.65. The Morgan fingerprint density at radius 2 is 2.00 bits per heavy atom. The lowest BCUT2D eigenvalue weighted by Crippen LogP contribution is -2.38. The number of aliphatic imine (C=N–C) groups is 1. The van der Waals surface area contributed by atoms with Crippen molar-refractivity contribution in [2.75, 3.05) is 25.5 Å². The Balaban J connectivity index is 1.56. The molecule has 0 unspecified atom stereocenters. The summed E-state index contributed by atoms with van der Waals surface area (Å²) in [6, 6.07) is 14.6. The molecule has 2 aromatic rings. The Morgan fingerprint density at radius 1 is 1.22 bits per heavy atom. The molecule has 1 N–H and O–H groups in total. The monoisotopic (exact) mass is 368 g/mol. The number of nitrogens with zero attached hydrogens (tertiary/aromatic N) is 3. The third kappa shape index (κ3) is 4.84. The van der Waals surface area contributed by atoms with Gasteiger partial charge in [0.2, 0.25) is 5.91 Å². The Morgan fingerprint density at radius 3 is 2.63 bits per heavy atom. The van der Waals surface area contributed by atoms with Gasteiger partial charge in [-0.2, -0.15) is 0 Å². The van der Waals surface area contributed by atoms with Crippen molar-refractivity contribution >= 4 is 17.6 Å². The molecule has 0 bridgehead atoms. The van der Waals surface area contributed by atoms with Gasteiger partial charge in [0.1, 0.15) is 5.82 Å². The predicted octanol–water partition coefficient (Wildman–Crippen LogP) is 3.16. The first-order chi connectivity index (χ1) is 13.1. The van der Waals surface area contributed by atoms with Gasteiger partial charge in [-0.05, 0) is 41.8 Å². The first-order valence-electron chi connectivity index (χ1n) is 9.12. The van der Waals surface area contributed by atoms with Crippen LogP contribution in [-0.2, 0) is 17.9 Å². The highest BCUT2D eigenvalue weighted by molar-refractivity contribution is 5.95. The normalized spacial score (nSPS) is 14.6. The number of carbonyl (C=O) groups excluding carboxylic acids is 1. The lowest BCUT2D eigenvalue weighted by molar-refractivity contribution is -0.117. The van der Waals surface area contributed by atoms with E-state index in [-0.39, 0.29) is 11.7 Å². The molecule has 0 atom stereocenters. The molecule has 0 spiro atoms. The van der Waals surface area contributed by atoms with E-state index in [4.69, 9.17) is 0 Å². The van der Waals surface area contributed by atoms with E-state index in [1.807, 2.05) is 47.2 Å². The van der Waals surface area contributed by atoms with Gasteiger partial charge < -0.3 is 15.1 Å². The summed E-state index contributed by atoms with van der Waals surface area (Å²) in [5, 5.41) is 3.32. The Kier molecular flexibility index (Phi) is 6.06. The van der Waals surface area contributed by atoms with Crippen LogP contribution >= 0.6 is 0 Å². The molecule has 1 fully saturated rings. The number of hydrogen-bond donors (Lipinski definition) is 1. The fourth-order valence-electron chi connectivity index (χ4n) is 3.26. The van der Waals surface area contributed by atoms with Gasteiger partial charge in [-0.25, -0.2) is 4.39 Å². The lowest BCUT2D eigenvalue weighted by Gasteiger charge is -2.22. The van der Waals surface area contributed by atoms with Crippen LogP contribution in [0.5, 0.6) is 0 Å². The fraction of sp³-hybridized carbons (Fsp3) is 0.333. The smallest absolute Gasteiger partial charge is 0.227 e. The van der Waals surface area contributed by atoms with Crippen molar-refractivity contribution in [2.24, 2.45) is 4.99 Å². The Bertz CT molecular complexity index is 819. The quantitative estimate of drug-likeness (QED) is 0.651. The van der Waals surface area contributed by atoms with Crippen LogP contribution in [0.15, 0.2) is 53.5 Å². The largest absolute Gasteiger partial charge is 0.352 e. The van der Waals surface area contributed by atoms with Gasteiger partial charge in [0.25, 0.3) is 0 Å². The SMILES string of the molecule is CN=C(NCc1ccc(N2CCCC2=O)cc1)N(C)Cc1cccc(F)c1. The van der Waals surface area contributed by atoms with Crippen molar-refractivity contribution in [1.82, 2.24) is 10.2 Å². The maximum atomic E-state index is 13.3. The van der Waals surface area contributed by atoms with Gasteiger partial charge in [-0.15, -0.1) is 0 Å². The van der Waals surface area contributed by atoms with Crippen LogP contribution in [-0.4, -0.2) is 37.4 Å². The molecule has 3 rings (SSSR count). The molecule has 1 saturated heterocycles. The topological polar surface area (TPSA) is 47.9 Å². The molecule has 1 aliphatic heterocycles. The third-order valence-corrected chi connectivity index (χ3v) is 4.65. The molecule has 27 heavy (non-hydrogen) atoms. The van der Waals surface area contributed by atoms with E-state index < -0.39 is 0 Å². The zero-order valence-corrected chi connectivity index (χ0v) is 15.8. The van der Waals surface area contributed by atoms with E-state index in [1.165, 1.54) is 12.1 Å². The van der Waals surface area contributed by atoms with Crippen LogP contribution in [0.25, 0.3) is 0 Å². The van der Waals surface area contributed by atoms with Crippen molar-refractivity contribution in [1.29, 1.82) is 0 Å². The molecule has 1 heterocycles. The van der Waals surface area contributed by atoms with E-state index in [9.17, 15) is 9.18 Å². The first kappa shape index (κ1) is 18.9. The zero-order valence-electron chi connectivity index (χ0n) is 15.8. The summed E-state index contributed by atoms with van der Waals surface area (Å²) in [5.74, 6) is 0.693. The zero-order chi connectivity index (χ0) is 19.2. The average molecular weight is 368 g/mol. The summed E-state index contributed by atoms with van der Waals surface area (Å²) >= 11 is 0. The number of anilines is 1. The maximum absolute atomic E-state index is 13.3. The minimum absolute atomic E-state index is 0.195. The van der Waals surface area contributed by atoms with E-state index in [0.29, 0.717) is 19.5 Å². The Labute approximate surface area is 159 Å². The number of halogens is 1. The molecule has 5 nitrogen and oxygen atoms in total. The second kappa shape index (κ2) is 8.66. The summed E-state index contributed by atoms with van der Waals surface area (Å²) in [4.78, 5) is 19.9. The lowest BCUT2D eigenvalue weighted by atomic mass is 10.2. The van der Waals surface area contributed by atoms with Crippen LogP contribution in [0.4, 0.5) is 10.1 Å². The van der Waals surface area contributed by atoms with Gasteiger partial charge >= 0.3 is 0 Å². The van der Waals surface area contributed by atoms with Crippen LogP contribution < -0.4 is 10.2 Å². The molecule has 0 aliphatic carbocycles. The number of nitrogens with one attached hydrogen (secondary N) is 1. The predicted molar refractivity (Wildman–Crippen MR) is 106 cm³/mol. The first-order valence-corrected chi connectivity index (χ1v) is 9.12. The molecule has 0 saturated carbocycles. The fourth-order valence-corrected chi connectivity index (χ4v) is 3.26. The van der Waals surface area contributed by atoms with Gasteiger partial charge in [-0.3, -0.25) is 9.79 Å². The van der Waals surface area contributed by atoms with Crippen LogP contribution in [0.2, 0.25) is 0 Å². The molecule has 142 valence electrons. The number of carbonyl (C=O) groups is 1. The standard InChI is InChI=1S/C21H25FN4O/c1-23-21(25(2)15-17-5-3-6-18(22)13-17)24-14-16-8-10-19(11-9-16)26-12-4-7-20(26)27/h3,5-6,8-11,13H,4,7,12,14-15H2,1-2H3,(H,23,24). The molecule has 0 radical (unpaired) electrons. The average Bonchev–Trinajstić information content (AvgIpc) is 3.09. The van der Waals surface area contributed by atoms with Gasteiger partial charge in [0, 0.05) is 45.8 Å². The summed E-state index contributed by atoms with van der Waals surface area (Å²) in [5.41, 5.74) is 2.94. The molecule has 0 aromatic heterocycles. The van der Waals surface area contributed by atoms with Crippen LogP contribution in [0, 0.1) is 5.82 Å². The summed E-state index contributed by atoms with van der Waals surface area (Å²) in [6.07, 6.45) is 1.56. The number of hydrogen-bond acceptors (Lipinski definition) is 2. The van der Waals surface area contributed by atoms with Crippen LogP contribution in [0.3, 0.4) is 0 Å². The summed E-state index contributed by atoms with van der Waals surface area (Å²) < 4.78 is 13.3. The number of guanidine groups is 1. The second-order valence-electron chi connectivity index (χ2n) is 6.70. The van der Waals surface area contributed by atoms with Crippen molar-refractivity contribution in [2.45, 2.75) is 25.9 Å². The van der Waals surface area contributed by atoms with Gasteiger partial charge in [-0.1, -0.05) is 24.3 Å². The highest BCUT2D eigenvalue weighted by Gasteiger charge is 2.21. The van der Waals surface area contributed by atoms with Crippen molar-refractivity contribution in [3.63, 3.8) is 0 Å². The number of rotatable bonds is 5. The van der Waals surface area contributed by atoms with E-state index in [1.54, 1.807) is 13.1 Å². The Hall–Kier alpha value is -2.89. The van der Waals surface area contributed by atoms with Gasteiger partial charge in [0.15, 0.2) is 5.96 Å².